The van der Waals surface area contributed by atoms with E-state index in [-0.39, 0.29) is 11.3 Å². The molecule has 3 rings (SSSR count). The van der Waals surface area contributed by atoms with Crippen molar-refractivity contribution in [3.8, 4) is 0 Å². The minimum Gasteiger partial charge on any atom is -0.298 e. The minimum atomic E-state index is -0.159. The quantitative estimate of drug-likeness (QED) is 0.760. The SMILES string of the molecule is CC(C)(C)c1csc(NC(=O)c2ccc3[nH]ncc3c2)n1. The van der Waals surface area contributed by atoms with Crippen molar-refractivity contribution >= 4 is 33.3 Å². The molecule has 5 nitrogen and oxygen atoms in total. The van der Waals surface area contributed by atoms with Crippen molar-refractivity contribution in [3.63, 3.8) is 0 Å². The summed E-state index contributed by atoms with van der Waals surface area (Å²) in [4.78, 5) is 16.7. The number of amides is 1. The highest BCUT2D eigenvalue weighted by atomic mass is 32.1. The summed E-state index contributed by atoms with van der Waals surface area (Å²) < 4.78 is 0. The zero-order valence-corrected chi connectivity index (χ0v) is 12.9. The third-order valence-electron chi connectivity index (χ3n) is 3.20. The van der Waals surface area contributed by atoms with Crippen LogP contribution < -0.4 is 5.32 Å². The van der Waals surface area contributed by atoms with Crippen molar-refractivity contribution < 1.29 is 4.79 Å². The Morgan fingerprint density at radius 3 is 2.86 bits per heavy atom. The van der Waals surface area contributed by atoms with Crippen LogP contribution >= 0.6 is 11.3 Å². The van der Waals surface area contributed by atoms with Crippen molar-refractivity contribution in [2.45, 2.75) is 26.2 Å². The normalized spacial score (nSPS) is 11.8. The first-order valence-corrected chi connectivity index (χ1v) is 7.52. The van der Waals surface area contributed by atoms with Gasteiger partial charge >= 0.3 is 0 Å². The van der Waals surface area contributed by atoms with Crippen LogP contribution in [0.5, 0.6) is 0 Å². The topological polar surface area (TPSA) is 70.7 Å². The zero-order valence-electron chi connectivity index (χ0n) is 12.1. The van der Waals surface area contributed by atoms with E-state index in [4.69, 9.17) is 0 Å². The maximum atomic E-state index is 12.3. The van der Waals surface area contributed by atoms with E-state index < -0.39 is 0 Å². The number of anilines is 1. The molecule has 3 aromatic rings. The van der Waals surface area contributed by atoms with Crippen LogP contribution in [-0.4, -0.2) is 21.1 Å². The van der Waals surface area contributed by atoms with E-state index in [1.54, 1.807) is 12.3 Å². The van der Waals surface area contributed by atoms with Crippen molar-refractivity contribution in [1.82, 2.24) is 15.2 Å². The van der Waals surface area contributed by atoms with Crippen LogP contribution in [0.2, 0.25) is 0 Å². The molecule has 0 saturated heterocycles. The molecule has 0 aliphatic heterocycles. The van der Waals surface area contributed by atoms with Gasteiger partial charge in [-0.3, -0.25) is 15.2 Å². The number of aromatic nitrogens is 3. The van der Waals surface area contributed by atoms with E-state index in [0.29, 0.717) is 10.7 Å². The van der Waals surface area contributed by atoms with E-state index in [2.05, 4.69) is 41.3 Å². The van der Waals surface area contributed by atoms with Crippen LogP contribution in [0.25, 0.3) is 10.9 Å². The molecular weight excluding hydrogens is 284 g/mol. The average molecular weight is 300 g/mol. The Bertz CT molecular complexity index is 797. The van der Waals surface area contributed by atoms with Gasteiger partial charge in [0.05, 0.1) is 17.4 Å². The Morgan fingerprint density at radius 2 is 2.14 bits per heavy atom. The van der Waals surface area contributed by atoms with Gasteiger partial charge < -0.3 is 0 Å². The molecule has 0 saturated carbocycles. The number of rotatable bonds is 2. The van der Waals surface area contributed by atoms with Crippen LogP contribution in [0.15, 0.2) is 29.8 Å². The molecular formula is C15H16N4OS. The highest BCUT2D eigenvalue weighted by Gasteiger charge is 2.18. The first-order valence-electron chi connectivity index (χ1n) is 6.64. The van der Waals surface area contributed by atoms with Crippen LogP contribution in [-0.2, 0) is 5.41 Å². The van der Waals surface area contributed by atoms with E-state index in [0.717, 1.165) is 16.6 Å². The highest BCUT2D eigenvalue weighted by Crippen LogP contribution is 2.26. The number of aromatic amines is 1. The Labute approximate surface area is 126 Å². The standard InChI is InChI=1S/C15H16N4OS/c1-15(2,3)12-8-21-14(17-12)18-13(20)9-4-5-11-10(6-9)7-16-19-11/h4-8H,1-3H3,(H,16,19)(H,17,18,20). The number of nitrogens with one attached hydrogen (secondary N) is 2. The largest absolute Gasteiger partial charge is 0.298 e. The van der Waals surface area contributed by atoms with Crippen LogP contribution in [0.1, 0.15) is 36.8 Å². The molecule has 0 bridgehead atoms. The lowest BCUT2D eigenvalue weighted by Gasteiger charge is -2.14. The zero-order chi connectivity index (χ0) is 15.0. The van der Waals surface area contributed by atoms with Gasteiger partial charge in [-0.15, -0.1) is 11.3 Å². The van der Waals surface area contributed by atoms with Gasteiger partial charge in [0.2, 0.25) is 0 Å². The third kappa shape index (κ3) is 2.80. The molecule has 2 N–H and O–H groups in total. The maximum Gasteiger partial charge on any atom is 0.257 e. The number of hydrogen-bond donors (Lipinski definition) is 2. The fraction of sp³-hybridized carbons (Fsp3) is 0.267. The Balaban J connectivity index is 1.81. The Morgan fingerprint density at radius 1 is 1.33 bits per heavy atom. The molecule has 0 fully saturated rings. The number of carbonyl (C=O) groups is 1. The Kier molecular flexibility index (Phi) is 3.25. The van der Waals surface area contributed by atoms with Gasteiger partial charge in [-0.2, -0.15) is 5.10 Å². The molecule has 2 aromatic heterocycles. The van der Waals surface area contributed by atoms with Crippen molar-refractivity contribution in [2.75, 3.05) is 5.32 Å². The summed E-state index contributed by atoms with van der Waals surface area (Å²) >= 11 is 1.44. The molecule has 6 heteroatoms. The van der Waals surface area contributed by atoms with Crippen LogP contribution in [0.4, 0.5) is 5.13 Å². The molecule has 0 aliphatic carbocycles. The van der Waals surface area contributed by atoms with Gasteiger partial charge in [0.25, 0.3) is 5.91 Å². The Hall–Kier alpha value is -2.21. The lowest BCUT2D eigenvalue weighted by Crippen LogP contribution is -2.14. The number of fused-ring (bicyclic) bond motifs is 1. The average Bonchev–Trinajstić information content (AvgIpc) is 3.04. The molecule has 2 heterocycles. The first-order chi connectivity index (χ1) is 9.93. The van der Waals surface area contributed by atoms with E-state index in [9.17, 15) is 4.79 Å². The van der Waals surface area contributed by atoms with Gasteiger partial charge in [-0.25, -0.2) is 4.98 Å². The molecule has 21 heavy (non-hydrogen) atoms. The molecule has 1 amide bonds. The van der Waals surface area contributed by atoms with Gasteiger partial charge in [-0.05, 0) is 18.2 Å². The van der Waals surface area contributed by atoms with Gasteiger partial charge in [-0.1, -0.05) is 20.8 Å². The molecule has 0 unspecified atom stereocenters. The maximum absolute atomic E-state index is 12.3. The van der Waals surface area contributed by atoms with Gasteiger partial charge in [0.15, 0.2) is 5.13 Å². The molecule has 108 valence electrons. The monoisotopic (exact) mass is 300 g/mol. The molecule has 0 aliphatic rings. The summed E-state index contributed by atoms with van der Waals surface area (Å²) in [7, 11) is 0. The fourth-order valence-corrected chi connectivity index (χ4v) is 2.86. The predicted octanol–water partition coefficient (Wildman–Crippen LogP) is 3.57. The van der Waals surface area contributed by atoms with Gasteiger partial charge in [0.1, 0.15) is 0 Å². The van der Waals surface area contributed by atoms with E-state index in [1.807, 2.05) is 17.5 Å². The van der Waals surface area contributed by atoms with E-state index in [1.165, 1.54) is 11.3 Å². The number of nitrogens with zero attached hydrogens (tertiary/aromatic N) is 2. The molecule has 0 spiro atoms. The number of hydrogen-bond acceptors (Lipinski definition) is 4. The summed E-state index contributed by atoms with van der Waals surface area (Å²) in [5.74, 6) is -0.159. The predicted molar refractivity (Wildman–Crippen MR) is 84.9 cm³/mol. The minimum absolute atomic E-state index is 0.0187. The third-order valence-corrected chi connectivity index (χ3v) is 3.95. The van der Waals surface area contributed by atoms with Crippen LogP contribution in [0.3, 0.4) is 0 Å². The van der Waals surface area contributed by atoms with Crippen molar-refractivity contribution in [1.29, 1.82) is 0 Å². The summed E-state index contributed by atoms with van der Waals surface area (Å²) in [6.07, 6.45) is 1.70. The number of carbonyl (C=O) groups excluding carboxylic acids is 1. The summed E-state index contributed by atoms with van der Waals surface area (Å²) in [5.41, 5.74) is 2.47. The number of benzene rings is 1. The molecule has 1 aromatic carbocycles. The number of thiazole rings is 1. The summed E-state index contributed by atoms with van der Waals surface area (Å²) in [6.45, 7) is 6.29. The van der Waals surface area contributed by atoms with Crippen molar-refractivity contribution in [3.05, 3.63) is 41.0 Å². The lowest BCUT2D eigenvalue weighted by atomic mass is 9.93. The van der Waals surface area contributed by atoms with E-state index >= 15 is 0 Å². The fourth-order valence-electron chi connectivity index (χ4n) is 1.93. The second kappa shape index (κ2) is 4.96. The molecule has 0 atom stereocenters. The lowest BCUT2D eigenvalue weighted by molar-refractivity contribution is 0.102. The van der Waals surface area contributed by atoms with Crippen molar-refractivity contribution in [2.24, 2.45) is 0 Å². The summed E-state index contributed by atoms with van der Waals surface area (Å²) in [6, 6.07) is 5.43. The number of H-pyrrole nitrogens is 1. The van der Waals surface area contributed by atoms with Crippen LogP contribution in [0, 0.1) is 0 Å². The summed E-state index contributed by atoms with van der Waals surface area (Å²) in [5, 5.41) is 13.2. The second-order valence-electron chi connectivity index (χ2n) is 5.91. The molecule has 0 radical (unpaired) electrons. The second-order valence-corrected chi connectivity index (χ2v) is 6.77. The smallest absolute Gasteiger partial charge is 0.257 e. The first kappa shape index (κ1) is 13.8. The van der Waals surface area contributed by atoms with Gasteiger partial charge in [0, 0.05) is 21.7 Å². The highest BCUT2D eigenvalue weighted by molar-refractivity contribution is 7.14.